The summed E-state index contributed by atoms with van der Waals surface area (Å²) in [6.45, 7) is 6.84. The Morgan fingerprint density at radius 3 is 2.78 bits per heavy atom. The number of hydrogen-bond acceptors (Lipinski definition) is 6. The summed E-state index contributed by atoms with van der Waals surface area (Å²) < 4.78 is 13.2. The van der Waals surface area contributed by atoms with Gasteiger partial charge >= 0.3 is 0 Å². The lowest BCUT2D eigenvalue weighted by molar-refractivity contribution is -0.113. The number of aromatic nitrogens is 2. The van der Waals surface area contributed by atoms with E-state index < -0.39 is 6.29 Å². The maximum Gasteiger partial charge on any atom is 0.255 e. The van der Waals surface area contributed by atoms with Gasteiger partial charge in [-0.05, 0) is 43.7 Å². The van der Waals surface area contributed by atoms with Crippen molar-refractivity contribution in [2.45, 2.75) is 52.4 Å². The molecule has 0 saturated carbocycles. The van der Waals surface area contributed by atoms with E-state index in [1.54, 1.807) is 24.3 Å². The van der Waals surface area contributed by atoms with E-state index in [-0.39, 0.29) is 11.8 Å². The molecule has 0 spiro atoms. The van der Waals surface area contributed by atoms with Crippen LogP contribution in [-0.4, -0.2) is 47.2 Å². The number of aliphatic hydroxyl groups is 1. The third-order valence-electron chi connectivity index (χ3n) is 5.49. The highest BCUT2D eigenvalue weighted by molar-refractivity contribution is 5.96. The number of ether oxygens (including phenoxy) is 2. The maximum atomic E-state index is 12.8. The second kappa shape index (κ2) is 11.8. The number of benzene rings is 1. The van der Waals surface area contributed by atoms with E-state index in [1.165, 1.54) is 0 Å². The van der Waals surface area contributed by atoms with Gasteiger partial charge in [0.05, 0.1) is 35.2 Å². The number of fused-ring (bicyclic) bond motifs is 1. The molecular formula is C24H32N4O4. The number of amides is 1. The fraction of sp³-hybridized carbons (Fsp3) is 0.542. The van der Waals surface area contributed by atoms with Crippen LogP contribution in [-0.2, 0) is 28.9 Å². The molecule has 2 atom stereocenters. The van der Waals surface area contributed by atoms with Crippen molar-refractivity contribution in [1.82, 2.24) is 15.1 Å². The summed E-state index contributed by atoms with van der Waals surface area (Å²) in [6, 6.07) is 8.74. The number of carbonyl (C=O) groups is 1. The Balaban J connectivity index is 1.68. The lowest BCUT2D eigenvalue weighted by Gasteiger charge is -2.18. The van der Waals surface area contributed by atoms with Crippen molar-refractivity contribution in [1.29, 1.82) is 5.26 Å². The smallest absolute Gasteiger partial charge is 0.255 e. The molecule has 1 aromatic heterocycles. The second-order valence-electron chi connectivity index (χ2n) is 8.15. The van der Waals surface area contributed by atoms with Crippen LogP contribution in [0.3, 0.4) is 0 Å². The van der Waals surface area contributed by atoms with Crippen LogP contribution in [0, 0.1) is 17.2 Å². The van der Waals surface area contributed by atoms with Crippen molar-refractivity contribution in [3.63, 3.8) is 0 Å². The summed E-state index contributed by atoms with van der Waals surface area (Å²) >= 11 is 0. The average molecular weight is 441 g/mol. The topological polar surface area (TPSA) is 109 Å². The van der Waals surface area contributed by atoms with Crippen LogP contribution in [0.2, 0.25) is 0 Å². The number of aryl methyl sites for hydroxylation is 1. The summed E-state index contributed by atoms with van der Waals surface area (Å²) in [4.78, 5) is 12.8. The van der Waals surface area contributed by atoms with E-state index in [0.717, 1.165) is 30.7 Å². The molecule has 1 aliphatic rings. The zero-order valence-electron chi connectivity index (χ0n) is 18.8. The average Bonchev–Trinajstić information content (AvgIpc) is 3.14. The number of aliphatic hydroxyl groups excluding tert-OH is 1. The van der Waals surface area contributed by atoms with Gasteiger partial charge in [-0.25, -0.2) is 0 Å². The van der Waals surface area contributed by atoms with Crippen molar-refractivity contribution in [2.24, 2.45) is 5.92 Å². The molecule has 8 nitrogen and oxygen atoms in total. The zero-order valence-corrected chi connectivity index (χ0v) is 18.8. The van der Waals surface area contributed by atoms with Crippen LogP contribution in [0.4, 0.5) is 0 Å². The number of hydrogen-bond donors (Lipinski definition) is 2. The number of nitrogens with one attached hydrogen (secondary N) is 1. The normalized spacial score (nSPS) is 16.9. The molecule has 1 aromatic carbocycles. The van der Waals surface area contributed by atoms with Gasteiger partial charge < -0.3 is 19.9 Å². The molecule has 1 aliphatic heterocycles. The van der Waals surface area contributed by atoms with Crippen molar-refractivity contribution in [3.05, 3.63) is 52.3 Å². The van der Waals surface area contributed by atoms with E-state index in [1.807, 2.05) is 18.5 Å². The fourth-order valence-corrected chi connectivity index (χ4v) is 3.80. The summed E-state index contributed by atoms with van der Waals surface area (Å²) in [5.74, 6) is -0.000580. The maximum absolute atomic E-state index is 12.8. The Bertz CT molecular complexity index is 933. The molecule has 3 rings (SSSR count). The van der Waals surface area contributed by atoms with Gasteiger partial charge in [-0.2, -0.15) is 10.4 Å². The van der Waals surface area contributed by atoms with Crippen molar-refractivity contribution < 1.29 is 19.4 Å². The molecule has 8 heteroatoms. The first-order valence-electron chi connectivity index (χ1n) is 11.3. The number of rotatable bonds is 7. The summed E-state index contributed by atoms with van der Waals surface area (Å²) in [6.07, 6.45) is 1.97. The van der Waals surface area contributed by atoms with E-state index in [2.05, 4.69) is 11.4 Å². The van der Waals surface area contributed by atoms with E-state index in [9.17, 15) is 9.90 Å². The third-order valence-corrected chi connectivity index (χ3v) is 5.49. The van der Waals surface area contributed by atoms with E-state index >= 15 is 0 Å². The van der Waals surface area contributed by atoms with Gasteiger partial charge in [-0.15, -0.1) is 0 Å². The quantitative estimate of drug-likeness (QED) is 0.641. The largest absolute Gasteiger partial charge is 0.381 e. The van der Waals surface area contributed by atoms with Gasteiger partial charge in [0, 0.05) is 31.9 Å². The molecule has 2 aromatic rings. The predicted octanol–water partition coefficient (Wildman–Crippen LogP) is 2.74. The van der Waals surface area contributed by atoms with E-state index in [4.69, 9.17) is 19.8 Å². The Morgan fingerprint density at radius 2 is 2.06 bits per heavy atom. The second-order valence-corrected chi connectivity index (χ2v) is 8.15. The van der Waals surface area contributed by atoms with Crippen LogP contribution < -0.4 is 5.32 Å². The number of nitrogens with zero attached hydrogens (tertiary/aromatic N) is 3. The third kappa shape index (κ3) is 6.16. The number of carbonyl (C=O) groups excluding carboxylic acids is 1. The van der Waals surface area contributed by atoms with Gasteiger partial charge in [-0.3, -0.25) is 9.48 Å². The first-order valence-corrected chi connectivity index (χ1v) is 11.3. The highest BCUT2D eigenvalue weighted by Gasteiger charge is 2.24. The van der Waals surface area contributed by atoms with Crippen molar-refractivity contribution in [2.75, 3.05) is 26.4 Å². The van der Waals surface area contributed by atoms with Gasteiger partial charge in [0.1, 0.15) is 0 Å². The van der Waals surface area contributed by atoms with Crippen LogP contribution in [0.5, 0.6) is 0 Å². The predicted molar refractivity (Wildman–Crippen MR) is 119 cm³/mol. The molecule has 32 heavy (non-hydrogen) atoms. The Morgan fingerprint density at radius 1 is 1.31 bits per heavy atom. The van der Waals surface area contributed by atoms with E-state index in [0.29, 0.717) is 56.0 Å². The molecule has 172 valence electrons. The number of nitriles is 1. The lowest BCUT2D eigenvalue weighted by Crippen LogP contribution is -2.27. The van der Waals surface area contributed by atoms with Crippen LogP contribution in [0.1, 0.15) is 65.9 Å². The minimum atomic E-state index is -1.06. The Hall–Kier alpha value is -2.73. The first kappa shape index (κ1) is 23.9. The standard InChI is InChI=1S/C24H32N4O4/c1-3-20-22-21(6-4-12-31-13-5-11-26-23(22)29)28(27-20)15-17(2)16-32-24(30)19-9-7-18(14-25)8-10-19/h7-10,17,24,30H,3-6,11-13,15-16H2,1-2H3,(H,26,29)/t17-,24?/m1/s1. The molecule has 2 N–H and O–H groups in total. The highest BCUT2D eigenvalue weighted by atomic mass is 16.6. The summed E-state index contributed by atoms with van der Waals surface area (Å²) in [5, 5.41) is 27.0. The minimum absolute atomic E-state index is 0.0641. The molecular weight excluding hydrogens is 408 g/mol. The van der Waals surface area contributed by atoms with Gasteiger partial charge in [-0.1, -0.05) is 26.0 Å². The molecule has 1 amide bonds. The molecule has 1 unspecified atom stereocenters. The van der Waals surface area contributed by atoms with Crippen molar-refractivity contribution in [3.8, 4) is 6.07 Å². The molecule has 0 fully saturated rings. The van der Waals surface area contributed by atoms with Gasteiger partial charge in [0.25, 0.3) is 5.91 Å². The molecule has 0 radical (unpaired) electrons. The molecule has 2 heterocycles. The monoisotopic (exact) mass is 440 g/mol. The molecule has 0 saturated heterocycles. The van der Waals surface area contributed by atoms with Crippen molar-refractivity contribution >= 4 is 5.91 Å². The summed E-state index contributed by atoms with van der Waals surface area (Å²) in [5.41, 5.74) is 3.58. The molecule has 0 aliphatic carbocycles. The highest BCUT2D eigenvalue weighted by Crippen LogP contribution is 2.21. The van der Waals surface area contributed by atoms with Crippen LogP contribution in [0.15, 0.2) is 24.3 Å². The molecule has 0 bridgehead atoms. The van der Waals surface area contributed by atoms with Gasteiger partial charge in [0.15, 0.2) is 6.29 Å². The van der Waals surface area contributed by atoms with Crippen LogP contribution >= 0.6 is 0 Å². The first-order chi connectivity index (χ1) is 15.5. The summed E-state index contributed by atoms with van der Waals surface area (Å²) in [7, 11) is 0. The van der Waals surface area contributed by atoms with Crippen LogP contribution in [0.25, 0.3) is 0 Å². The zero-order chi connectivity index (χ0) is 22.9. The Labute approximate surface area is 189 Å². The minimum Gasteiger partial charge on any atom is -0.381 e. The SMILES string of the molecule is CCc1nn(C[C@@H](C)COC(O)c2ccc(C#N)cc2)c2c1C(=O)NCCCOCCC2. The van der Waals surface area contributed by atoms with Gasteiger partial charge in [0.2, 0.25) is 0 Å². The lowest BCUT2D eigenvalue weighted by atomic mass is 10.1. The fourth-order valence-electron chi connectivity index (χ4n) is 3.80. The Kier molecular flexibility index (Phi) is 8.80.